The number of hydrogen-bond acceptors (Lipinski definition) is 15. The fourth-order valence-corrected chi connectivity index (χ4v) is 11.3. The normalized spacial score (nSPS) is 14.8. The van der Waals surface area contributed by atoms with Crippen LogP contribution in [0.5, 0.6) is 0 Å². The molecule has 0 heterocycles. The highest BCUT2D eigenvalue weighted by Gasteiger charge is 2.30. The van der Waals surface area contributed by atoms with E-state index in [-0.39, 0.29) is 25.7 Å². The molecule has 0 saturated heterocycles. The lowest BCUT2D eigenvalue weighted by Crippen LogP contribution is -2.30. The largest absolute Gasteiger partial charge is 0.472 e. The highest BCUT2D eigenvalue weighted by molar-refractivity contribution is 7.47. The van der Waals surface area contributed by atoms with E-state index < -0.39 is 97.5 Å². The summed E-state index contributed by atoms with van der Waals surface area (Å²) in [6, 6.07) is 0. The first-order chi connectivity index (χ1) is 50.7. The Labute approximate surface area is 629 Å². The van der Waals surface area contributed by atoms with Gasteiger partial charge in [0, 0.05) is 25.7 Å². The predicted molar refractivity (Wildman–Crippen MR) is 426 cm³/mol. The number of ether oxygens (including phenoxy) is 4. The van der Waals surface area contributed by atoms with Gasteiger partial charge in [0.15, 0.2) is 12.2 Å². The van der Waals surface area contributed by atoms with Crippen molar-refractivity contribution in [2.24, 2.45) is 0 Å². The lowest BCUT2D eigenvalue weighted by atomic mass is 10.1. The molecule has 104 heavy (non-hydrogen) atoms. The molecule has 5 unspecified atom stereocenters. The molecular weight excluding hydrogens is 1350 g/mol. The molecule has 0 aromatic carbocycles. The number of unbranched alkanes of at least 4 members (excludes halogenated alkanes) is 18. The number of allylic oxidation sites excluding steroid dienone is 28. The second-order valence-corrected chi connectivity index (χ2v) is 28.4. The molecule has 0 spiro atoms. The predicted octanol–water partition coefficient (Wildman–Crippen LogP) is 23.0. The van der Waals surface area contributed by atoms with Gasteiger partial charge in [-0.25, -0.2) is 9.13 Å². The molecular formula is C85H138O17P2. The fourth-order valence-electron chi connectivity index (χ4n) is 9.74. The number of carbonyl (C=O) groups is 4. The molecule has 0 rings (SSSR count). The van der Waals surface area contributed by atoms with Gasteiger partial charge in [0.1, 0.15) is 19.3 Å². The van der Waals surface area contributed by atoms with Crippen LogP contribution in [0.25, 0.3) is 0 Å². The minimum Gasteiger partial charge on any atom is -0.462 e. The van der Waals surface area contributed by atoms with Crippen LogP contribution in [0.2, 0.25) is 0 Å². The molecule has 0 amide bonds. The van der Waals surface area contributed by atoms with Gasteiger partial charge < -0.3 is 33.8 Å². The topological polar surface area (TPSA) is 237 Å². The van der Waals surface area contributed by atoms with Crippen LogP contribution >= 0.6 is 15.6 Å². The third kappa shape index (κ3) is 74.7. The number of aliphatic hydroxyl groups is 1. The van der Waals surface area contributed by atoms with E-state index in [2.05, 4.69) is 198 Å². The van der Waals surface area contributed by atoms with E-state index in [1.165, 1.54) is 12.8 Å². The average Bonchev–Trinajstić information content (AvgIpc) is 0.931. The summed E-state index contributed by atoms with van der Waals surface area (Å²) < 4.78 is 68.5. The Morgan fingerprint density at radius 3 is 0.808 bits per heavy atom. The molecule has 0 bridgehead atoms. The molecule has 17 nitrogen and oxygen atoms in total. The quantitative estimate of drug-likeness (QED) is 0.0169. The van der Waals surface area contributed by atoms with Gasteiger partial charge in [-0.05, 0) is 167 Å². The third-order valence-corrected chi connectivity index (χ3v) is 17.6. The van der Waals surface area contributed by atoms with E-state index in [0.29, 0.717) is 32.1 Å². The van der Waals surface area contributed by atoms with Gasteiger partial charge in [-0.1, -0.05) is 262 Å². The SMILES string of the molecule is CC/C=C\C/C=C\C/C=C\C/C=C\C/C=C\CCCCCC(=O)OCC(COP(=O)(O)OCC(O)COP(=O)(O)OCC(COC(=O)CCCCCCCC/C=C\C/C=C\C/C=C\C/C=C\CC)OC(=O)CCCC/C=C\C/C=C\C/C=C\C/C=C\CC)OC(=O)CCCCCCC/C=C\CCCC. The Hall–Kier alpha value is -5.58. The molecule has 590 valence electrons. The van der Waals surface area contributed by atoms with Crippen LogP contribution in [0.1, 0.15) is 285 Å². The van der Waals surface area contributed by atoms with Gasteiger partial charge in [-0.3, -0.25) is 37.3 Å². The summed E-state index contributed by atoms with van der Waals surface area (Å²) >= 11 is 0. The smallest absolute Gasteiger partial charge is 0.462 e. The first-order valence-corrected chi connectivity index (χ1v) is 42.4. The second-order valence-electron chi connectivity index (χ2n) is 25.5. The average molecular weight is 1490 g/mol. The number of hydrogen-bond donors (Lipinski definition) is 3. The maximum Gasteiger partial charge on any atom is 0.472 e. The van der Waals surface area contributed by atoms with Crippen molar-refractivity contribution in [1.82, 2.24) is 0 Å². The highest BCUT2D eigenvalue weighted by atomic mass is 31.2. The van der Waals surface area contributed by atoms with Crippen molar-refractivity contribution in [3.63, 3.8) is 0 Å². The van der Waals surface area contributed by atoms with Crippen LogP contribution in [-0.4, -0.2) is 96.7 Å². The van der Waals surface area contributed by atoms with Gasteiger partial charge in [-0.15, -0.1) is 0 Å². The number of phosphoric ester groups is 2. The summed E-state index contributed by atoms with van der Waals surface area (Å²) in [5.41, 5.74) is 0. The maximum absolute atomic E-state index is 13.1. The monoisotopic (exact) mass is 1490 g/mol. The third-order valence-electron chi connectivity index (χ3n) is 15.7. The molecule has 0 aliphatic rings. The van der Waals surface area contributed by atoms with E-state index >= 15 is 0 Å². The molecule has 5 atom stereocenters. The highest BCUT2D eigenvalue weighted by Crippen LogP contribution is 2.45. The van der Waals surface area contributed by atoms with Gasteiger partial charge in [0.05, 0.1) is 26.4 Å². The Morgan fingerprint density at radius 2 is 0.500 bits per heavy atom. The fraction of sp³-hybridized carbons (Fsp3) is 0.624. The van der Waals surface area contributed by atoms with E-state index in [9.17, 15) is 43.2 Å². The zero-order valence-corrected chi connectivity index (χ0v) is 66.2. The molecule has 0 aliphatic carbocycles. The van der Waals surface area contributed by atoms with Crippen molar-refractivity contribution in [3.8, 4) is 0 Å². The Balaban J connectivity index is 5.41. The minimum absolute atomic E-state index is 0.0327. The van der Waals surface area contributed by atoms with Crippen molar-refractivity contribution >= 4 is 39.5 Å². The lowest BCUT2D eigenvalue weighted by molar-refractivity contribution is -0.161. The molecule has 0 aromatic heterocycles. The number of esters is 4. The Morgan fingerprint density at radius 1 is 0.279 bits per heavy atom. The van der Waals surface area contributed by atoms with Crippen molar-refractivity contribution in [1.29, 1.82) is 0 Å². The lowest BCUT2D eigenvalue weighted by Gasteiger charge is -2.21. The summed E-state index contributed by atoms with van der Waals surface area (Å²) in [4.78, 5) is 72.9. The van der Waals surface area contributed by atoms with Crippen LogP contribution in [0, 0.1) is 0 Å². The van der Waals surface area contributed by atoms with Crippen LogP contribution < -0.4 is 0 Å². The van der Waals surface area contributed by atoms with E-state index in [1.54, 1.807) is 0 Å². The molecule has 0 radical (unpaired) electrons. The molecule has 0 aromatic rings. The summed E-state index contributed by atoms with van der Waals surface area (Å²) in [6.45, 7) is 4.36. The molecule has 3 N–H and O–H groups in total. The molecule has 0 aliphatic heterocycles. The summed E-state index contributed by atoms with van der Waals surface area (Å²) in [6.07, 6.45) is 89.2. The van der Waals surface area contributed by atoms with Crippen LogP contribution in [0.4, 0.5) is 0 Å². The molecule has 19 heteroatoms. The summed E-state index contributed by atoms with van der Waals surface area (Å²) in [5.74, 6) is -2.30. The van der Waals surface area contributed by atoms with Crippen LogP contribution in [0.3, 0.4) is 0 Å². The maximum atomic E-state index is 13.1. The van der Waals surface area contributed by atoms with E-state index in [4.69, 9.17) is 37.0 Å². The summed E-state index contributed by atoms with van der Waals surface area (Å²) in [5, 5.41) is 10.6. The van der Waals surface area contributed by atoms with Crippen molar-refractivity contribution < 1.29 is 80.2 Å². The zero-order valence-electron chi connectivity index (χ0n) is 64.4. The van der Waals surface area contributed by atoms with Crippen molar-refractivity contribution in [2.75, 3.05) is 39.6 Å². The first-order valence-electron chi connectivity index (χ1n) is 39.4. The van der Waals surface area contributed by atoms with Crippen molar-refractivity contribution in [2.45, 2.75) is 303 Å². The number of rotatable bonds is 72. The Kier molecular flexibility index (Phi) is 71.6. The number of phosphoric acid groups is 2. The van der Waals surface area contributed by atoms with E-state index in [1.807, 2.05) is 0 Å². The van der Waals surface area contributed by atoms with E-state index in [0.717, 1.165) is 186 Å². The minimum atomic E-state index is -5.00. The molecule has 0 saturated carbocycles. The molecule has 0 fully saturated rings. The zero-order chi connectivity index (χ0) is 76.0. The van der Waals surface area contributed by atoms with Gasteiger partial charge in [-0.2, -0.15) is 0 Å². The van der Waals surface area contributed by atoms with Crippen LogP contribution in [-0.2, 0) is 65.4 Å². The van der Waals surface area contributed by atoms with Gasteiger partial charge in [0.2, 0.25) is 0 Å². The standard InChI is InChI=1S/C85H138O17P2/c1-5-9-13-17-21-25-29-32-35-37-39-41-44-46-50-53-57-61-65-69-82(87)95-75-80(101-84(89)71-67-63-59-55-49-28-24-20-16-12-8-4)77-99-103(91,92)97-73-79(86)74-98-104(93,94)100-78-81(102-85(90)72-68-64-60-56-52-48-43-34-31-27-23-19-15-11-7-3)76-96-83(88)70-66-62-58-54-51-47-45-42-40-38-36-33-30-26-22-18-14-10-6-2/h9-11,13-15,20-27,32-36,39-43,46,50,52,56,79-81,86H,5-8,12,16-19,28-31,37-38,44-45,47-49,51,53-55,57-78H2,1-4H3,(H,91,92)(H,93,94)/b13-9-,14-10-,15-11-,24-20-,25-21-,26-22-,27-23-,35-32-,36-33-,41-39-,42-40-,43-34-,50-46-,56-52-. The Bertz CT molecular complexity index is 2640. The van der Waals surface area contributed by atoms with Crippen LogP contribution in [0.15, 0.2) is 170 Å². The van der Waals surface area contributed by atoms with Gasteiger partial charge >= 0.3 is 39.5 Å². The number of aliphatic hydroxyl groups excluding tert-OH is 1. The number of carbonyl (C=O) groups excluding carboxylic acids is 4. The van der Waals surface area contributed by atoms with Gasteiger partial charge in [0.25, 0.3) is 0 Å². The second kappa shape index (κ2) is 75.6. The van der Waals surface area contributed by atoms with Crippen molar-refractivity contribution in [3.05, 3.63) is 170 Å². The summed E-state index contributed by atoms with van der Waals surface area (Å²) in [7, 11) is -10.00. The first kappa shape index (κ1) is 98.4.